The first-order valence-corrected chi connectivity index (χ1v) is 6.43. The van der Waals surface area contributed by atoms with Crippen molar-refractivity contribution in [3.63, 3.8) is 0 Å². The third kappa shape index (κ3) is 5.38. The fraction of sp³-hybridized carbons (Fsp3) is 0.429. The predicted octanol–water partition coefficient (Wildman–Crippen LogP) is 0.497. The van der Waals surface area contributed by atoms with Crippen LogP contribution in [-0.4, -0.2) is 29.6 Å². The fourth-order valence-electron chi connectivity index (χ4n) is 1.68. The van der Waals surface area contributed by atoms with Gasteiger partial charge in [0.15, 0.2) is 0 Å². The Morgan fingerprint density at radius 1 is 1.20 bits per heavy atom. The van der Waals surface area contributed by atoms with Gasteiger partial charge in [0.1, 0.15) is 12.6 Å². The number of hydrogen-bond donors (Lipinski definition) is 3. The van der Waals surface area contributed by atoms with Gasteiger partial charge in [0, 0.05) is 6.54 Å². The highest BCUT2D eigenvalue weighted by atomic mass is 16.5. The van der Waals surface area contributed by atoms with Gasteiger partial charge in [-0.2, -0.15) is 0 Å². The number of carbonyl (C=O) groups excluding carboxylic acids is 1. The fourth-order valence-corrected chi connectivity index (χ4v) is 1.68. The zero-order valence-corrected chi connectivity index (χ0v) is 11.2. The van der Waals surface area contributed by atoms with Crippen LogP contribution < -0.4 is 11.5 Å². The first-order chi connectivity index (χ1) is 9.54. The van der Waals surface area contributed by atoms with Gasteiger partial charge in [0.05, 0.1) is 5.92 Å². The molecule has 0 bridgehead atoms. The van der Waals surface area contributed by atoms with Gasteiger partial charge in [0.2, 0.25) is 0 Å². The molecule has 0 saturated carbocycles. The van der Waals surface area contributed by atoms with E-state index in [1.807, 2.05) is 30.3 Å². The summed E-state index contributed by atoms with van der Waals surface area (Å²) >= 11 is 0. The lowest BCUT2D eigenvalue weighted by molar-refractivity contribution is -0.150. The molecule has 1 aromatic carbocycles. The Labute approximate surface area is 117 Å². The molecule has 0 amide bonds. The van der Waals surface area contributed by atoms with Crippen molar-refractivity contribution in [2.45, 2.75) is 25.5 Å². The molecule has 0 spiro atoms. The number of benzene rings is 1. The van der Waals surface area contributed by atoms with Gasteiger partial charge < -0.3 is 21.3 Å². The van der Waals surface area contributed by atoms with Crippen LogP contribution in [0.2, 0.25) is 0 Å². The number of rotatable bonds is 8. The molecule has 1 aromatic rings. The van der Waals surface area contributed by atoms with Gasteiger partial charge in [-0.1, -0.05) is 30.3 Å². The van der Waals surface area contributed by atoms with Gasteiger partial charge in [-0.05, 0) is 18.4 Å². The van der Waals surface area contributed by atoms with E-state index in [2.05, 4.69) is 0 Å². The molecule has 5 N–H and O–H groups in total. The number of ether oxygens (including phenoxy) is 1. The molecule has 0 saturated heterocycles. The smallest absolute Gasteiger partial charge is 0.320 e. The molecule has 0 fully saturated rings. The molecule has 0 radical (unpaired) electrons. The van der Waals surface area contributed by atoms with Gasteiger partial charge >= 0.3 is 11.9 Å². The summed E-state index contributed by atoms with van der Waals surface area (Å²) in [7, 11) is 0. The molecule has 6 nitrogen and oxygen atoms in total. The Morgan fingerprint density at radius 3 is 2.40 bits per heavy atom. The number of aliphatic carboxylic acids is 1. The quantitative estimate of drug-likeness (QED) is 0.597. The molecular formula is C14H20N2O4. The number of carboxylic acid groups (broad SMARTS) is 1. The third-order valence-electron chi connectivity index (χ3n) is 2.99. The molecule has 20 heavy (non-hydrogen) atoms. The van der Waals surface area contributed by atoms with E-state index < -0.39 is 23.9 Å². The van der Waals surface area contributed by atoms with E-state index >= 15 is 0 Å². The maximum Gasteiger partial charge on any atom is 0.320 e. The second kappa shape index (κ2) is 8.29. The summed E-state index contributed by atoms with van der Waals surface area (Å²) in [6.45, 7) is 0.293. The van der Waals surface area contributed by atoms with E-state index in [0.29, 0.717) is 6.42 Å². The van der Waals surface area contributed by atoms with Crippen LogP contribution in [0, 0.1) is 5.92 Å². The van der Waals surface area contributed by atoms with Crippen molar-refractivity contribution in [1.82, 2.24) is 0 Å². The Kier molecular flexibility index (Phi) is 6.69. The molecular weight excluding hydrogens is 260 g/mol. The molecule has 0 aromatic heterocycles. The van der Waals surface area contributed by atoms with Gasteiger partial charge in [-0.25, -0.2) is 0 Å². The van der Waals surface area contributed by atoms with Crippen molar-refractivity contribution in [1.29, 1.82) is 0 Å². The highest BCUT2D eigenvalue weighted by molar-refractivity contribution is 5.74. The van der Waals surface area contributed by atoms with Crippen LogP contribution in [-0.2, 0) is 20.9 Å². The third-order valence-corrected chi connectivity index (χ3v) is 2.99. The number of carbonyl (C=O) groups is 2. The predicted molar refractivity (Wildman–Crippen MR) is 73.6 cm³/mol. The molecule has 0 aliphatic carbocycles. The van der Waals surface area contributed by atoms with E-state index in [1.165, 1.54) is 0 Å². The SMILES string of the molecule is NCC(CCC(N)C(=O)O)C(=O)OCc1ccccc1. The van der Waals surface area contributed by atoms with E-state index in [9.17, 15) is 9.59 Å². The summed E-state index contributed by atoms with van der Waals surface area (Å²) in [6, 6.07) is 8.31. The summed E-state index contributed by atoms with van der Waals surface area (Å²) in [6.07, 6.45) is 0.495. The van der Waals surface area contributed by atoms with Crippen LogP contribution in [0.5, 0.6) is 0 Å². The highest BCUT2D eigenvalue weighted by Crippen LogP contribution is 2.11. The van der Waals surface area contributed by atoms with Crippen LogP contribution in [0.3, 0.4) is 0 Å². The number of hydrogen-bond acceptors (Lipinski definition) is 5. The van der Waals surface area contributed by atoms with Crippen LogP contribution in [0.15, 0.2) is 30.3 Å². The first kappa shape index (κ1) is 16.1. The zero-order chi connectivity index (χ0) is 15.0. The van der Waals surface area contributed by atoms with Crippen molar-refractivity contribution in [2.24, 2.45) is 17.4 Å². The average molecular weight is 280 g/mol. The monoisotopic (exact) mass is 280 g/mol. The maximum absolute atomic E-state index is 11.8. The standard InChI is InChI=1S/C14H20N2O4/c15-8-11(6-7-12(16)13(17)18)14(19)20-9-10-4-2-1-3-5-10/h1-5,11-12H,6-9,15-16H2,(H,17,18). The van der Waals surface area contributed by atoms with E-state index in [0.717, 1.165) is 5.56 Å². The normalized spacial score (nSPS) is 13.5. The Bertz CT molecular complexity index is 436. The van der Waals surface area contributed by atoms with E-state index in [1.54, 1.807) is 0 Å². The number of esters is 1. The second-order valence-corrected chi connectivity index (χ2v) is 4.55. The van der Waals surface area contributed by atoms with Crippen molar-refractivity contribution in [3.8, 4) is 0 Å². The summed E-state index contributed by atoms with van der Waals surface area (Å²) in [5.41, 5.74) is 11.8. The van der Waals surface area contributed by atoms with Crippen molar-refractivity contribution in [2.75, 3.05) is 6.54 Å². The van der Waals surface area contributed by atoms with Crippen molar-refractivity contribution < 1.29 is 19.4 Å². The van der Waals surface area contributed by atoms with Gasteiger partial charge in [0.25, 0.3) is 0 Å². The Morgan fingerprint density at radius 2 is 1.85 bits per heavy atom. The van der Waals surface area contributed by atoms with E-state index in [4.69, 9.17) is 21.3 Å². The highest BCUT2D eigenvalue weighted by Gasteiger charge is 2.21. The summed E-state index contributed by atoms with van der Waals surface area (Å²) < 4.78 is 5.17. The van der Waals surface area contributed by atoms with Crippen LogP contribution >= 0.6 is 0 Å². The van der Waals surface area contributed by atoms with Crippen LogP contribution in [0.25, 0.3) is 0 Å². The first-order valence-electron chi connectivity index (χ1n) is 6.43. The molecule has 0 heterocycles. The molecule has 2 atom stereocenters. The summed E-state index contributed by atoms with van der Waals surface area (Å²) in [5.74, 6) is -2.03. The summed E-state index contributed by atoms with van der Waals surface area (Å²) in [5, 5.41) is 8.69. The Hall–Kier alpha value is -1.92. The molecule has 6 heteroatoms. The van der Waals surface area contributed by atoms with Crippen LogP contribution in [0.4, 0.5) is 0 Å². The lowest BCUT2D eigenvalue weighted by atomic mass is 10.0. The lowest BCUT2D eigenvalue weighted by Gasteiger charge is -2.15. The van der Waals surface area contributed by atoms with Crippen LogP contribution in [0.1, 0.15) is 18.4 Å². The van der Waals surface area contributed by atoms with Crippen molar-refractivity contribution >= 4 is 11.9 Å². The topological polar surface area (TPSA) is 116 Å². The molecule has 2 unspecified atom stereocenters. The molecule has 0 aliphatic rings. The molecule has 0 aliphatic heterocycles. The minimum absolute atomic E-state index is 0.111. The Balaban J connectivity index is 2.40. The van der Waals surface area contributed by atoms with Gasteiger partial charge in [-0.15, -0.1) is 0 Å². The molecule has 110 valence electrons. The van der Waals surface area contributed by atoms with Gasteiger partial charge in [-0.3, -0.25) is 9.59 Å². The second-order valence-electron chi connectivity index (χ2n) is 4.55. The lowest BCUT2D eigenvalue weighted by Crippen LogP contribution is -2.33. The van der Waals surface area contributed by atoms with E-state index in [-0.39, 0.29) is 19.6 Å². The minimum Gasteiger partial charge on any atom is -0.480 e. The summed E-state index contributed by atoms with van der Waals surface area (Å²) in [4.78, 5) is 22.4. The molecule has 1 rings (SSSR count). The largest absolute Gasteiger partial charge is 0.480 e. The minimum atomic E-state index is -1.08. The zero-order valence-electron chi connectivity index (χ0n) is 11.2. The number of nitrogens with two attached hydrogens (primary N) is 2. The number of carboxylic acids is 1. The average Bonchev–Trinajstić information content (AvgIpc) is 2.46. The maximum atomic E-state index is 11.8. The van der Waals surface area contributed by atoms with Crippen molar-refractivity contribution in [3.05, 3.63) is 35.9 Å².